The Labute approximate surface area is 156 Å². The summed E-state index contributed by atoms with van der Waals surface area (Å²) in [7, 11) is 0. The average molecular weight is 409 g/mol. The Bertz CT molecular complexity index is 1170. The normalized spacial score (nSPS) is 10.7. The lowest BCUT2D eigenvalue weighted by molar-refractivity contribution is 0.429. The van der Waals surface area contributed by atoms with Crippen LogP contribution in [0.1, 0.15) is 5.56 Å². The van der Waals surface area contributed by atoms with Crippen molar-refractivity contribution in [2.24, 2.45) is 0 Å². The number of hydrogen-bond donors (Lipinski definition) is 0. The van der Waals surface area contributed by atoms with Gasteiger partial charge in [-0.3, -0.25) is 0 Å². The molecule has 5 nitrogen and oxygen atoms in total. The number of hydrogen-bond acceptors (Lipinski definition) is 4. The molecule has 4 rings (SSSR count). The van der Waals surface area contributed by atoms with Gasteiger partial charge in [0.05, 0.1) is 11.6 Å². The fraction of sp³-hybridized carbons (Fsp3) is 0. The van der Waals surface area contributed by atoms with Crippen LogP contribution in [0.3, 0.4) is 0 Å². The van der Waals surface area contributed by atoms with Crippen LogP contribution in [0.2, 0.25) is 0 Å². The van der Waals surface area contributed by atoms with Gasteiger partial charge in [0.15, 0.2) is 17.4 Å². The quantitative estimate of drug-likeness (QED) is 0.480. The number of nitrogens with zero attached hydrogens (tertiary/aromatic N) is 4. The average Bonchev–Trinajstić information content (AvgIpc) is 3.12. The van der Waals surface area contributed by atoms with E-state index in [9.17, 15) is 4.39 Å². The van der Waals surface area contributed by atoms with Gasteiger partial charge in [0.25, 0.3) is 0 Å². The zero-order chi connectivity index (χ0) is 18.1. The van der Waals surface area contributed by atoms with Crippen LogP contribution >= 0.6 is 15.9 Å². The summed E-state index contributed by atoms with van der Waals surface area (Å²) in [4.78, 5) is 4.46. The Morgan fingerprint density at radius 3 is 2.77 bits per heavy atom. The van der Waals surface area contributed by atoms with Gasteiger partial charge < -0.3 is 4.74 Å². The van der Waals surface area contributed by atoms with Crippen molar-refractivity contribution in [3.8, 4) is 29.1 Å². The van der Waals surface area contributed by atoms with Crippen molar-refractivity contribution in [1.29, 1.82) is 5.26 Å². The third kappa shape index (κ3) is 3.03. The molecule has 0 bridgehead atoms. The number of fused-ring (bicyclic) bond motifs is 1. The highest BCUT2D eigenvalue weighted by atomic mass is 79.9. The predicted molar refractivity (Wildman–Crippen MR) is 97.3 cm³/mol. The van der Waals surface area contributed by atoms with Crippen LogP contribution in [0, 0.1) is 17.1 Å². The summed E-state index contributed by atoms with van der Waals surface area (Å²) < 4.78 is 22.4. The summed E-state index contributed by atoms with van der Waals surface area (Å²) in [5, 5.41) is 13.3. The fourth-order valence-corrected chi connectivity index (χ4v) is 2.89. The molecule has 2 aromatic heterocycles. The molecular weight excluding hydrogens is 399 g/mol. The fourth-order valence-electron chi connectivity index (χ4n) is 2.49. The number of aromatic nitrogens is 3. The van der Waals surface area contributed by atoms with Crippen LogP contribution in [-0.4, -0.2) is 14.6 Å². The minimum Gasteiger partial charge on any atom is -0.434 e. The van der Waals surface area contributed by atoms with E-state index in [2.05, 4.69) is 26.0 Å². The van der Waals surface area contributed by atoms with Gasteiger partial charge in [0, 0.05) is 16.2 Å². The molecule has 4 aromatic rings. The van der Waals surface area contributed by atoms with Crippen molar-refractivity contribution in [1.82, 2.24) is 14.6 Å². The SMILES string of the molecule is N#Cc1ccc(Oc2nc(-c3cccc(Br)c3)nn3cccc23)c(F)c1. The molecule has 0 saturated heterocycles. The van der Waals surface area contributed by atoms with Gasteiger partial charge in [0.1, 0.15) is 5.52 Å². The van der Waals surface area contributed by atoms with Crippen molar-refractivity contribution in [3.63, 3.8) is 0 Å². The molecule has 0 aliphatic heterocycles. The molecule has 0 radical (unpaired) electrons. The molecule has 0 N–H and O–H groups in total. The van der Waals surface area contributed by atoms with Gasteiger partial charge >= 0.3 is 0 Å². The zero-order valence-electron chi connectivity index (χ0n) is 13.2. The van der Waals surface area contributed by atoms with Crippen LogP contribution in [-0.2, 0) is 0 Å². The summed E-state index contributed by atoms with van der Waals surface area (Å²) in [5.41, 5.74) is 1.62. The van der Waals surface area contributed by atoms with Gasteiger partial charge in [-0.05, 0) is 42.5 Å². The molecule has 2 aromatic carbocycles. The van der Waals surface area contributed by atoms with E-state index in [1.807, 2.05) is 30.3 Å². The Hall–Kier alpha value is -3.24. The second-order valence-corrected chi connectivity index (χ2v) is 6.36. The van der Waals surface area contributed by atoms with Crippen molar-refractivity contribution in [2.75, 3.05) is 0 Å². The second-order valence-electron chi connectivity index (χ2n) is 5.45. The molecule has 0 aliphatic rings. The molecule has 0 unspecified atom stereocenters. The first-order chi connectivity index (χ1) is 12.6. The van der Waals surface area contributed by atoms with Crippen molar-refractivity contribution < 1.29 is 9.13 Å². The van der Waals surface area contributed by atoms with E-state index >= 15 is 0 Å². The lowest BCUT2D eigenvalue weighted by atomic mass is 10.2. The first kappa shape index (κ1) is 16.2. The third-order valence-corrected chi connectivity index (χ3v) is 4.20. The third-order valence-electron chi connectivity index (χ3n) is 3.71. The maximum atomic E-state index is 14.2. The molecule has 0 amide bonds. The van der Waals surface area contributed by atoms with Gasteiger partial charge in [-0.15, -0.1) is 5.10 Å². The van der Waals surface area contributed by atoms with Gasteiger partial charge in [-0.25, -0.2) is 8.91 Å². The Morgan fingerprint density at radius 1 is 1.12 bits per heavy atom. The Kier molecular flexibility index (Phi) is 4.11. The molecule has 7 heteroatoms. The molecular formula is C19H10BrFN4O. The molecule has 0 saturated carbocycles. The molecule has 26 heavy (non-hydrogen) atoms. The number of nitriles is 1. The predicted octanol–water partition coefficient (Wildman–Crippen LogP) is 4.96. The van der Waals surface area contributed by atoms with Crippen molar-refractivity contribution in [3.05, 3.63) is 76.6 Å². The minimum absolute atomic E-state index is 0.00834. The summed E-state index contributed by atoms with van der Waals surface area (Å²) in [5.74, 6) is 0.0324. The number of benzene rings is 2. The first-order valence-corrected chi connectivity index (χ1v) is 8.42. The first-order valence-electron chi connectivity index (χ1n) is 7.63. The van der Waals surface area contributed by atoms with Crippen LogP contribution < -0.4 is 4.74 Å². The van der Waals surface area contributed by atoms with E-state index in [1.165, 1.54) is 12.1 Å². The number of halogens is 2. The van der Waals surface area contributed by atoms with Crippen molar-refractivity contribution >= 4 is 21.4 Å². The molecule has 2 heterocycles. The maximum absolute atomic E-state index is 14.2. The smallest absolute Gasteiger partial charge is 0.247 e. The van der Waals surface area contributed by atoms with Gasteiger partial charge in [-0.2, -0.15) is 10.2 Å². The summed E-state index contributed by atoms with van der Waals surface area (Å²) in [6, 6.07) is 17.0. The summed E-state index contributed by atoms with van der Waals surface area (Å²) >= 11 is 3.43. The van der Waals surface area contributed by atoms with Gasteiger partial charge in [0.2, 0.25) is 5.88 Å². The Balaban J connectivity index is 1.82. The molecule has 0 fully saturated rings. The lowest BCUT2D eigenvalue weighted by Gasteiger charge is -2.10. The van der Waals surface area contributed by atoms with E-state index in [0.29, 0.717) is 11.3 Å². The van der Waals surface area contributed by atoms with Crippen LogP contribution in [0.25, 0.3) is 16.9 Å². The molecule has 0 spiro atoms. The van der Waals surface area contributed by atoms with E-state index in [-0.39, 0.29) is 17.2 Å². The highest BCUT2D eigenvalue weighted by Gasteiger charge is 2.14. The van der Waals surface area contributed by atoms with Crippen LogP contribution in [0.4, 0.5) is 4.39 Å². The Morgan fingerprint density at radius 2 is 2.00 bits per heavy atom. The standard InChI is InChI=1S/C19H10BrFN4O/c20-14-4-1-3-13(10-14)18-23-19(16-5-2-8-25(16)24-18)26-17-7-6-12(11-22)9-15(17)21/h1-10H. The number of rotatable bonds is 3. The molecule has 0 atom stereocenters. The van der Waals surface area contributed by atoms with E-state index in [1.54, 1.807) is 22.8 Å². The largest absolute Gasteiger partial charge is 0.434 e. The van der Waals surface area contributed by atoms with Crippen LogP contribution in [0.5, 0.6) is 11.6 Å². The van der Waals surface area contributed by atoms with Crippen molar-refractivity contribution in [2.45, 2.75) is 0 Å². The lowest BCUT2D eigenvalue weighted by Crippen LogP contribution is -2.01. The second kappa shape index (κ2) is 6.58. The van der Waals surface area contributed by atoms with E-state index < -0.39 is 5.82 Å². The minimum atomic E-state index is -0.628. The molecule has 0 aliphatic carbocycles. The highest BCUT2D eigenvalue weighted by Crippen LogP contribution is 2.29. The number of ether oxygens (including phenoxy) is 1. The summed E-state index contributed by atoms with van der Waals surface area (Å²) in [6.45, 7) is 0. The summed E-state index contributed by atoms with van der Waals surface area (Å²) in [6.07, 6.45) is 1.76. The highest BCUT2D eigenvalue weighted by molar-refractivity contribution is 9.10. The zero-order valence-corrected chi connectivity index (χ0v) is 14.8. The molecule has 126 valence electrons. The van der Waals surface area contributed by atoms with E-state index in [4.69, 9.17) is 10.00 Å². The topological polar surface area (TPSA) is 63.2 Å². The van der Waals surface area contributed by atoms with Crippen LogP contribution in [0.15, 0.2) is 65.3 Å². The monoisotopic (exact) mass is 408 g/mol. The van der Waals surface area contributed by atoms with Gasteiger partial charge in [-0.1, -0.05) is 28.1 Å². The maximum Gasteiger partial charge on any atom is 0.247 e. The van der Waals surface area contributed by atoms with E-state index in [0.717, 1.165) is 16.1 Å².